The van der Waals surface area contributed by atoms with Gasteiger partial charge in [-0.3, -0.25) is 30.1 Å². The van der Waals surface area contributed by atoms with Gasteiger partial charge in [0.1, 0.15) is 4.32 Å². The molecule has 2 aromatic carbocycles. The molecule has 3 rings (SSSR count). The van der Waals surface area contributed by atoms with Gasteiger partial charge < -0.3 is 0 Å². The van der Waals surface area contributed by atoms with Gasteiger partial charge in [0.25, 0.3) is 11.8 Å². The zero-order valence-corrected chi connectivity index (χ0v) is 18.5. The minimum atomic E-state index is -0.355. The molecule has 2 aromatic rings. The van der Waals surface area contributed by atoms with E-state index in [0.717, 1.165) is 18.4 Å². The van der Waals surface area contributed by atoms with Crippen LogP contribution >= 0.6 is 24.0 Å². The van der Waals surface area contributed by atoms with Crippen molar-refractivity contribution in [3.8, 4) is 0 Å². The van der Waals surface area contributed by atoms with E-state index in [-0.39, 0.29) is 17.7 Å². The lowest BCUT2D eigenvalue weighted by Crippen LogP contribution is -2.41. The SMILES string of the molecule is O=C(CCCCCN1C(=O)/C(=C/c2ccccc2)SC1=S)NNC(=O)c1ccccc1. The Bertz CT molecular complexity index is 978. The molecule has 0 spiro atoms. The summed E-state index contributed by atoms with van der Waals surface area (Å²) in [5.74, 6) is -0.673. The number of unbranched alkanes of at least 4 members (excludes halogenated alkanes) is 2. The van der Waals surface area contributed by atoms with Gasteiger partial charge in [-0.2, -0.15) is 0 Å². The van der Waals surface area contributed by atoms with Gasteiger partial charge >= 0.3 is 0 Å². The summed E-state index contributed by atoms with van der Waals surface area (Å²) in [5, 5.41) is 0. The van der Waals surface area contributed by atoms with Gasteiger partial charge in [0.15, 0.2) is 0 Å². The fraction of sp³-hybridized carbons (Fsp3) is 0.217. The van der Waals surface area contributed by atoms with Gasteiger partial charge in [-0.25, -0.2) is 0 Å². The lowest BCUT2D eigenvalue weighted by atomic mass is 10.2. The molecular formula is C23H23N3O3S2. The van der Waals surface area contributed by atoms with E-state index >= 15 is 0 Å². The number of carbonyl (C=O) groups excluding carboxylic acids is 3. The number of nitrogens with one attached hydrogen (secondary N) is 2. The molecule has 0 radical (unpaired) electrons. The molecule has 0 aromatic heterocycles. The second kappa shape index (κ2) is 11.4. The maximum absolute atomic E-state index is 12.6. The molecule has 8 heteroatoms. The van der Waals surface area contributed by atoms with E-state index in [2.05, 4.69) is 10.9 Å². The van der Waals surface area contributed by atoms with E-state index in [0.29, 0.717) is 34.2 Å². The Morgan fingerprint density at radius 1 is 0.935 bits per heavy atom. The highest BCUT2D eigenvalue weighted by Crippen LogP contribution is 2.32. The first-order valence-corrected chi connectivity index (χ1v) is 11.2. The van der Waals surface area contributed by atoms with E-state index in [9.17, 15) is 14.4 Å². The summed E-state index contributed by atoms with van der Waals surface area (Å²) in [6, 6.07) is 18.3. The minimum Gasteiger partial charge on any atom is -0.293 e. The van der Waals surface area contributed by atoms with Crippen molar-refractivity contribution >= 4 is 52.1 Å². The van der Waals surface area contributed by atoms with Crippen LogP contribution in [0.1, 0.15) is 41.6 Å². The molecule has 6 nitrogen and oxygen atoms in total. The number of hydrogen-bond donors (Lipinski definition) is 2. The van der Waals surface area contributed by atoms with Gasteiger partial charge in [-0.15, -0.1) is 0 Å². The number of hydrogen-bond acceptors (Lipinski definition) is 5. The molecule has 0 aliphatic carbocycles. The second-order valence-corrected chi connectivity index (χ2v) is 8.60. The molecule has 0 bridgehead atoms. The number of amides is 3. The molecule has 1 saturated heterocycles. The van der Waals surface area contributed by atoms with Crippen molar-refractivity contribution < 1.29 is 14.4 Å². The summed E-state index contributed by atoms with van der Waals surface area (Å²) in [7, 11) is 0. The first kappa shape index (κ1) is 22.7. The van der Waals surface area contributed by atoms with Gasteiger partial charge in [-0.1, -0.05) is 78.9 Å². The van der Waals surface area contributed by atoms with E-state index in [1.165, 1.54) is 11.8 Å². The monoisotopic (exact) mass is 453 g/mol. The lowest BCUT2D eigenvalue weighted by molar-refractivity contribution is -0.123. The molecule has 160 valence electrons. The largest absolute Gasteiger partial charge is 0.293 e. The van der Waals surface area contributed by atoms with Crippen molar-refractivity contribution in [3.63, 3.8) is 0 Å². The molecule has 1 aliphatic heterocycles. The molecule has 1 heterocycles. The van der Waals surface area contributed by atoms with Gasteiger partial charge in [0, 0.05) is 18.5 Å². The predicted molar refractivity (Wildman–Crippen MR) is 127 cm³/mol. The highest BCUT2D eigenvalue weighted by atomic mass is 32.2. The topological polar surface area (TPSA) is 78.5 Å². The predicted octanol–water partition coefficient (Wildman–Crippen LogP) is 3.91. The van der Waals surface area contributed by atoms with Crippen molar-refractivity contribution in [2.45, 2.75) is 25.7 Å². The number of thioether (sulfide) groups is 1. The lowest BCUT2D eigenvalue weighted by Gasteiger charge is -2.14. The number of hydrazine groups is 1. The summed E-state index contributed by atoms with van der Waals surface area (Å²) < 4.78 is 0.563. The molecule has 1 aliphatic rings. The van der Waals surface area contributed by atoms with Crippen molar-refractivity contribution in [2.75, 3.05) is 6.54 Å². The fourth-order valence-electron chi connectivity index (χ4n) is 2.98. The van der Waals surface area contributed by atoms with Crippen molar-refractivity contribution in [2.24, 2.45) is 0 Å². The van der Waals surface area contributed by atoms with Gasteiger partial charge in [-0.05, 0) is 36.6 Å². The third-order valence-electron chi connectivity index (χ3n) is 4.61. The summed E-state index contributed by atoms with van der Waals surface area (Å²) in [4.78, 5) is 38.6. The number of nitrogens with zero attached hydrogens (tertiary/aromatic N) is 1. The number of benzene rings is 2. The average Bonchev–Trinajstić information content (AvgIpc) is 3.05. The quantitative estimate of drug-likeness (QED) is 0.274. The fourth-order valence-corrected chi connectivity index (χ4v) is 4.28. The highest BCUT2D eigenvalue weighted by molar-refractivity contribution is 8.26. The van der Waals surface area contributed by atoms with Crippen LogP contribution in [0.4, 0.5) is 0 Å². The van der Waals surface area contributed by atoms with Gasteiger partial charge in [0.05, 0.1) is 4.91 Å². The van der Waals surface area contributed by atoms with E-state index in [1.807, 2.05) is 42.5 Å². The summed E-state index contributed by atoms with van der Waals surface area (Å²) in [5.41, 5.74) is 6.27. The summed E-state index contributed by atoms with van der Waals surface area (Å²) in [6.07, 6.45) is 4.32. The maximum Gasteiger partial charge on any atom is 0.269 e. The number of rotatable bonds is 8. The van der Waals surface area contributed by atoms with Crippen molar-refractivity contribution in [3.05, 3.63) is 76.7 Å². The first-order valence-electron chi connectivity index (χ1n) is 9.99. The standard InChI is InChI=1S/C23H23N3O3S2/c27-20(24-25-21(28)18-12-6-2-7-13-18)14-8-3-9-15-26-22(29)19(31-23(26)30)16-17-10-4-1-5-11-17/h1-2,4-7,10-13,16H,3,8-9,14-15H2,(H,24,27)(H,25,28)/b19-16-. The first-order chi connectivity index (χ1) is 15.0. The smallest absolute Gasteiger partial charge is 0.269 e. The Kier molecular flexibility index (Phi) is 8.37. The Labute approximate surface area is 191 Å². The van der Waals surface area contributed by atoms with Gasteiger partial charge in [0.2, 0.25) is 5.91 Å². The molecule has 1 fully saturated rings. The second-order valence-electron chi connectivity index (χ2n) is 6.92. The normalized spacial score (nSPS) is 14.7. The molecule has 0 saturated carbocycles. The number of thiocarbonyl (C=S) groups is 1. The van der Waals surface area contributed by atoms with Crippen LogP contribution in [0, 0.1) is 0 Å². The Balaban J connectivity index is 1.34. The van der Waals surface area contributed by atoms with Crippen LogP contribution in [0.3, 0.4) is 0 Å². The maximum atomic E-state index is 12.6. The van der Waals surface area contributed by atoms with E-state index in [1.54, 1.807) is 29.2 Å². The Morgan fingerprint density at radius 3 is 2.32 bits per heavy atom. The van der Waals surface area contributed by atoms with E-state index < -0.39 is 0 Å². The molecule has 3 amide bonds. The van der Waals surface area contributed by atoms with Crippen LogP contribution in [0.15, 0.2) is 65.6 Å². The van der Waals surface area contributed by atoms with Crippen LogP contribution in [0.5, 0.6) is 0 Å². The Morgan fingerprint density at radius 2 is 1.61 bits per heavy atom. The van der Waals surface area contributed by atoms with Crippen LogP contribution in [-0.2, 0) is 9.59 Å². The highest BCUT2D eigenvalue weighted by Gasteiger charge is 2.31. The Hall–Kier alpha value is -2.97. The van der Waals surface area contributed by atoms with Crippen molar-refractivity contribution in [1.29, 1.82) is 0 Å². The number of carbonyl (C=O) groups is 3. The third kappa shape index (κ3) is 6.77. The molecular weight excluding hydrogens is 430 g/mol. The molecule has 2 N–H and O–H groups in total. The van der Waals surface area contributed by atoms with Crippen LogP contribution in [0.2, 0.25) is 0 Å². The van der Waals surface area contributed by atoms with Crippen molar-refractivity contribution in [1.82, 2.24) is 15.8 Å². The molecule has 0 unspecified atom stereocenters. The summed E-state index contributed by atoms with van der Waals surface area (Å²) >= 11 is 6.67. The summed E-state index contributed by atoms with van der Waals surface area (Å²) in [6.45, 7) is 0.531. The zero-order valence-electron chi connectivity index (χ0n) is 16.9. The van der Waals surface area contributed by atoms with Crippen LogP contribution in [-0.4, -0.2) is 33.5 Å². The molecule has 31 heavy (non-hydrogen) atoms. The van der Waals surface area contributed by atoms with Crippen LogP contribution in [0.25, 0.3) is 6.08 Å². The molecule has 0 atom stereocenters. The average molecular weight is 454 g/mol. The zero-order chi connectivity index (χ0) is 22.1. The van der Waals surface area contributed by atoms with E-state index in [4.69, 9.17) is 12.2 Å². The third-order valence-corrected chi connectivity index (χ3v) is 5.99. The van der Waals surface area contributed by atoms with Crippen LogP contribution < -0.4 is 10.9 Å². The minimum absolute atomic E-state index is 0.0692.